The molecule has 5 nitrogen and oxygen atoms in total. The molecule has 0 aliphatic heterocycles. The van der Waals surface area contributed by atoms with Crippen molar-refractivity contribution in [1.82, 2.24) is 10.2 Å². The molecule has 6 heteroatoms. The monoisotopic (exact) mass is 282 g/mol. The van der Waals surface area contributed by atoms with E-state index in [2.05, 4.69) is 10.1 Å². The lowest BCUT2D eigenvalue weighted by Crippen LogP contribution is -2.29. The van der Waals surface area contributed by atoms with E-state index in [1.807, 2.05) is 0 Å². The van der Waals surface area contributed by atoms with E-state index in [1.54, 1.807) is 43.3 Å². The van der Waals surface area contributed by atoms with E-state index in [0.29, 0.717) is 10.6 Å². The largest absolute Gasteiger partial charge is 0.464 e. The molecular formula is C13H15ClN2O3. The van der Waals surface area contributed by atoms with Crippen molar-refractivity contribution >= 4 is 23.5 Å². The molecule has 0 unspecified atom stereocenters. The minimum absolute atomic E-state index is 0.0625. The molecule has 0 heterocycles. The number of nitrogens with one attached hydrogen (secondary N) is 1. The van der Waals surface area contributed by atoms with Gasteiger partial charge in [-0.3, -0.25) is 4.79 Å². The molecule has 102 valence electrons. The standard InChI is InChI=1S/C13H15ClN2O3/c1-16(2)8-11(13(18)19-3)15-12(17)9-4-6-10(14)7-5-9/h4-8H,1-3H3,(H,15,17)/b11-8-. The number of esters is 1. The normalized spacial score (nSPS) is 10.8. The van der Waals surface area contributed by atoms with E-state index in [4.69, 9.17) is 11.6 Å². The molecule has 1 aromatic carbocycles. The van der Waals surface area contributed by atoms with Gasteiger partial charge >= 0.3 is 5.97 Å². The highest BCUT2D eigenvalue weighted by Gasteiger charge is 2.15. The summed E-state index contributed by atoms with van der Waals surface area (Å²) in [4.78, 5) is 25.1. The quantitative estimate of drug-likeness (QED) is 0.674. The summed E-state index contributed by atoms with van der Waals surface area (Å²) in [7, 11) is 4.72. The van der Waals surface area contributed by atoms with Crippen LogP contribution >= 0.6 is 11.6 Å². The molecule has 1 rings (SSSR count). The lowest BCUT2D eigenvalue weighted by Gasteiger charge is -2.11. The fraction of sp³-hybridized carbons (Fsp3) is 0.231. The molecule has 0 saturated heterocycles. The first kappa shape index (κ1) is 15.0. The molecule has 0 spiro atoms. The summed E-state index contributed by atoms with van der Waals surface area (Å²) < 4.78 is 4.60. The molecule has 0 aliphatic carbocycles. The Bertz CT molecular complexity index is 495. The molecule has 0 radical (unpaired) electrons. The van der Waals surface area contributed by atoms with E-state index >= 15 is 0 Å². The SMILES string of the molecule is COC(=O)/C(=C/N(C)C)NC(=O)c1ccc(Cl)cc1. The molecule has 0 atom stereocenters. The number of hydrogen-bond acceptors (Lipinski definition) is 4. The van der Waals surface area contributed by atoms with Gasteiger partial charge in [-0.2, -0.15) is 0 Å². The third kappa shape index (κ3) is 4.63. The maximum atomic E-state index is 11.9. The molecule has 0 saturated carbocycles. The Labute approximate surface area is 116 Å². The van der Waals surface area contributed by atoms with Crippen LogP contribution in [0, 0.1) is 0 Å². The van der Waals surface area contributed by atoms with Crippen molar-refractivity contribution in [2.75, 3.05) is 21.2 Å². The Morgan fingerprint density at radius 3 is 2.32 bits per heavy atom. The second-order valence-electron chi connectivity index (χ2n) is 3.96. The van der Waals surface area contributed by atoms with Gasteiger partial charge in [0, 0.05) is 30.9 Å². The summed E-state index contributed by atoms with van der Waals surface area (Å²) in [6.45, 7) is 0. The van der Waals surface area contributed by atoms with Crippen molar-refractivity contribution < 1.29 is 14.3 Å². The molecule has 1 amide bonds. The Morgan fingerprint density at radius 2 is 1.84 bits per heavy atom. The number of carbonyl (C=O) groups excluding carboxylic acids is 2. The average Bonchev–Trinajstić information content (AvgIpc) is 2.37. The Hall–Kier alpha value is -2.01. The van der Waals surface area contributed by atoms with E-state index in [0.717, 1.165) is 0 Å². The van der Waals surface area contributed by atoms with Crippen LogP contribution in [0.2, 0.25) is 5.02 Å². The third-order valence-corrected chi connectivity index (χ3v) is 2.40. The lowest BCUT2D eigenvalue weighted by molar-refractivity contribution is -0.136. The number of ether oxygens (including phenoxy) is 1. The molecular weight excluding hydrogens is 268 g/mol. The van der Waals surface area contributed by atoms with E-state index in [9.17, 15) is 9.59 Å². The van der Waals surface area contributed by atoms with Crippen LogP contribution in [-0.2, 0) is 9.53 Å². The predicted molar refractivity (Wildman–Crippen MR) is 72.7 cm³/mol. The van der Waals surface area contributed by atoms with Crippen LogP contribution in [0.25, 0.3) is 0 Å². The number of hydrogen-bond donors (Lipinski definition) is 1. The smallest absolute Gasteiger partial charge is 0.356 e. The second-order valence-corrected chi connectivity index (χ2v) is 4.40. The number of rotatable bonds is 4. The summed E-state index contributed by atoms with van der Waals surface area (Å²) in [5.41, 5.74) is 0.463. The summed E-state index contributed by atoms with van der Waals surface area (Å²) in [6, 6.07) is 6.35. The number of benzene rings is 1. The summed E-state index contributed by atoms with van der Waals surface area (Å²) in [5, 5.41) is 3.03. The molecule has 0 aromatic heterocycles. The third-order valence-electron chi connectivity index (χ3n) is 2.15. The average molecular weight is 283 g/mol. The van der Waals surface area contributed by atoms with Crippen molar-refractivity contribution in [2.45, 2.75) is 0 Å². The van der Waals surface area contributed by atoms with Gasteiger partial charge in [-0.15, -0.1) is 0 Å². The van der Waals surface area contributed by atoms with E-state index < -0.39 is 11.9 Å². The molecule has 0 bridgehead atoms. The summed E-state index contributed by atoms with van der Waals surface area (Å²) >= 11 is 5.74. The molecule has 0 fully saturated rings. The highest BCUT2D eigenvalue weighted by Crippen LogP contribution is 2.10. The van der Waals surface area contributed by atoms with Gasteiger partial charge in [0.2, 0.25) is 0 Å². The fourth-order valence-corrected chi connectivity index (χ4v) is 1.43. The van der Waals surface area contributed by atoms with Gasteiger partial charge < -0.3 is 15.0 Å². The first-order chi connectivity index (χ1) is 8.93. The molecule has 1 N–H and O–H groups in total. The van der Waals surface area contributed by atoms with Gasteiger partial charge in [0.25, 0.3) is 5.91 Å². The van der Waals surface area contributed by atoms with Crippen LogP contribution in [0.5, 0.6) is 0 Å². The Morgan fingerprint density at radius 1 is 1.26 bits per heavy atom. The first-order valence-electron chi connectivity index (χ1n) is 5.47. The highest BCUT2D eigenvalue weighted by atomic mass is 35.5. The fourth-order valence-electron chi connectivity index (χ4n) is 1.30. The van der Waals surface area contributed by atoms with Crippen molar-refractivity contribution in [3.05, 3.63) is 46.7 Å². The zero-order valence-electron chi connectivity index (χ0n) is 10.9. The minimum atomic E-state index is -0.615. The number of methoxy groups -OCH3 is 1. The van der Waals surface area contributed by atoms with Gasteiger partial charge in [-0.1, -0.05) is 11.6 Å². The summed E-state index contributed by atoms with van der Waals surface area (Å²) in [5.74, 6) is -1.02. The second kappa shape index (κ2) is 6.80. The van der Waals surface area contributed by atoms with Crippen molar-refractivity contribution in [2.24, 2.45) is 0 Å². The van der Waals surface area contributed by atoms with Crippen molar-refractivity contribution in [3.63, 3.8) is 0 Å². The zero-order valence-corrected chi connectivity index (χ0v) is 11.7. The van der Waals surface area contributed by atoms with Gasteiger partial charge in [0.15, 0.2) is 0 Å². The summed E-state index contributed by atoms with van der Waals surface area (Å²) in [6.07, 6.45) is 1.47. The number of nitrogens with zero attached hydrogens (tertiary/aromatic N) is 1. The molecule has 0 aliphatic rings. The van der Waals surface area contributed by atoms with Crippen LogP contribution in [-0.4, -0.2) is 38.0 Å². The topological polar surface area (TPSA) is 58.6 Å². The zero-order chi connectivity index (χ0) is 14.4. The predicted octanol–water partition coefficient (Wildman–Crippen LogP) is 1.65. The molecule has 19 heavy (non-hydrogen) atoms. The van der Waals surface area contributed by atoms with Crippen LogP contribution < -0.4 is 5.32 Å². The van der Waals surface area contributed by atoms with Gasteiger partial charge in [0.05, 0.1) is 7.11 Å². The van der Waals surface area contributed by atoms with Crippen LogP contribution in [0.15, 0.2) is 36.2 Å². The number of carbonyl (C=O) groups is 2. The lowest BCUT2D eigenvalue weighted by atomic mass is 10.2. The van der Waals surface area contributed by atoms with E-state index in [-0.39, 0.29) is 5.70 Å². The maximum Gasteiger partial charge on any atom is 0.356 e. The van der Waals surface area contributed by atoms with Crippen LogP contribution in [0.3, 0.4) is 0 Å². The Kier molecular flexibility index (Phi) is 5.38. The molecule has 1 aromatic rings. The Balaban J connectivity index is 2.88. The van der Waals surface area contributed by atoms with Crippen molar-refractivity contribution in [1.29, 1.82) is 0 Å². The van der Waals surface area contributed by atoms with Gasteiger partial charge in [-0.05, 0) is 24.3 Å². The van der Waals surface area contributed by atoms with Crippen molar-refractivity contribution in [3.8, 4) is 0 Å². The highest BCUT2D eigenvalue weighted by molar-refractivity contribution is 6.30. The van der Waals surface area contributed by atoms with Crippen LogP contribution in [0.1, 0.15) is 10.4 Å². The number of halogens is 1. The van der Waals surface area contributed by atoms with Gasteiger partial charge in [-0.25, -0.2) is 4.79 Å². The van der Waals surface area contributed by atoms with E-state index in [1.165, 1.54) is 13.3 Å². The van der Waals surface area contributed by atoms with Gasteiger partial charge in [0.1, 0.15) is 5.70 Å². The first-order valence-corrected chi connectivity index (χ1v) is 5.85. The number of amides is 1. The minimum Gasteiger partial charge on any atom is -0.464 e. The van der Waals surface area contributed by atoms with Crippen LogP contribution in [0.4, 0.5) is 0 Å². The maximum absolute atomic E-state index is 11.9.